The van der Waals surface area contributed by atoms with Crippen molar-refractivity contribution >= 4 is 33.9 Å². The number of nitrogens with zero attached hydrogens (tertiary/aromatic N) is 1. The smallest absolute Gasteiger partial charge is 0.0540 e. The van der Waals surface area contributed by atoms with Crippen LogP contribution < -0.4 is 4.90 Å². The Hall–Kier alpha value is -8.78. The fraction of sp³-hybridized carbons (Fsp3) is 0.154. The lowest BCUT2D eigenvalue weighted by Crippen LogP contribution is -2.22. The highest BCUT2D eigenvalue weighted by Gasteiger charge is 2.42. The summed E-state index contributed by atoms with van der Waals surface area (Å²) in [6, 6.07) is 93.6. The first-order chi connectivity index (χ1) is 38.4. The van der Waals surface area contributed by atoms with Gasteiger partial charge in [-0.15, -0.1) is 0 Å². The zero-order valence-electron chi connectivity index (χ0n) is 46.6. The molecule has 0 aromatic heterocycles. The van der Waals surface area contributed by atoms with Gasteiger partial charge < -0.3 is 4.90 Å². The van der Waals surface area contributed by atoms with Gasteiger partial charge in [-0.2, -0.15) is 0 Å². The van der Waals surface area contributed by atoms with E-state index in [-0.39, 0.29) is 22.2 Å². The molecular formula is C78H67N. The number of rotatable bonds is 9. The number of allylic oxidation sites excluding steroid dienone is 1. The molecule has 2 aliphatic carbocycles. The summed E-state index contributed by atoms with van der Waals surface area (Å²) in [5.74, 6) is 0.152. The van der Waals surface area contributed by atoms with Crippen LogP contribution in [-0.2, 0) is 16.2 Å². The van der Waals surface area contributed by atoms with E-state index >= 15 is 0 Å². The number of fused-ring (bicyclic) bond motifs is 5. The molecule has 2 unspecified atom stereocenters. The van der Waals surface area contributed by atoms with E-state index in [4.69, 9.17) is 0 Å². The number of anilines is 3. The van der Waals surface area contributed by atoms with Crippen LogP contribution in [0.1, 0.15) is 105 Å². The second-order valence-electron chi connectivity index (χ2n) is 24.1. The van der Waals surface area contributed by atoms with Crippen molar-refractivity contribution in [3.05, 3.63) is 299 Å². The minimum atomic E-state index is -0.348. The number of para-hydroxylation sites is 3. The van der Waals surface area contributed by atoms with Gasteiger partial charge in [0.25, 0.3) is 0 Å². The Kier molecular flexibility index (Phi) is 12.3. The molecule has 0 N–H and O–H groups in total. The molecule has 0 bridgehead atoms. The summed E-state index contributed by atoms with van der Waals surface area (Å²) >= 11 is 0. The fourth-order valence-electron chi connectivity index (χ4n) is 13.2. The van der Waals surface area contributed by atoms with E-state index in [2.05, 4.69) is 314 Å². The van der Waals surface area contributed by atoms with Crippen LogP contribution in [0, 0.1) is 0 Å². The minimum Gasteiger partial charge on any atom is -0.309 e. The summed E-state index contributed by atoms with van der Waals surface area (Å²) in [5, 5.41) is 2.45. The van der Waals surface area contributed by atoms with Gasteiger partial charge in [-0.3, -0.25) is 0 Å². The molecule has 2 aliphatic rings. The molecule has 0 saturated heterocycles. The Bertz CT molecular complexity index is 4110. The predicted molar refractivity (Wildman–Crippen MR) is 337 cm³/mol. The zero-order valence-corrected chi connectivity index (χ0v) is 46.6. The lowest BCUT2D eigenvalue weighted by atomic mass is 9.74. The summed E-state index contributed by atoms with van der Waals surface area (Å²) in [7, 11) is 0. The van der Waals surface area contributed by atoms with Gasteiger partial charge in [-0.25, -0.2) is 0 Å². The highest BCUT2D eigenvalue weighted by Crippen LogP contribution is 2.58. The summed E-state index contributed by atoms with van der Waals surface area (Å²) in [6.07, 6.45) is 5.68. The summed E-state index contributed by atoms with van der Waals surface area (Å²) in [4.78, 5) is 2.60. The first-order valence-corrected chi connectivity index (χ1v) is 28.3. The summed E-state index contributed by atoms with van der Waals surface area (Å²) in [6.45, 7) is 16.5. The van der Waals surface area contributed by atoms with Crippen LogP contribution in [0.3, 0.4) is 0 Å². The Morgan fingerprint density at radius 3 is 1.51 bits per heavy atom. The second-order valence-corrected chi connectivity index (χ2v) is 24.1. The Morgan fingerprint density at radius 1 is 0.405 bits per heavy atom. The van der Waals surface area contributed by atoms with Gasteiger partial charge in [0.1, 0.15) is 0 Å². The van der Waals surface area contributed by atoms with Crippen LogP contribution in [0.5, 0.6) is 0 Å². The molecule has 384 valence electrons. The van der Waals surface area contributed by atoms with Crippen molar-refractivity contribution in [1.29, 1.82) is 0 Å². The van der Waals surface area contributed by atoms with Crippen LogP contribution in [0.25, 0.3) is 72.5 Å². The highest BCUT2D eigenvalue weighted by molar-refractivity contribution is 6.10. The molecule has 0 radical (unpaired) electrons. The van der Waals surface area contributed by atoms with Crippen LogP contribution in [-0.4, -0.2) is 0 Å². The second kappa shape index (κ2) is 19.6. The van der Waals surface area contributed by atoms with Gasteiger partial charge in [0.05, 0.1) is 17.1 Å². The molecule has 0 amide bonds. The number of hydrogen-bond acceptors (Lipinski definition) is 1. The van der Waals surface area contributed by atoms with Crippen LogP contribution in [0.4, 0.5) is 17.1 Å². The third-order valence-corrected chi connectivity index (χ3v) is 17.2. The average molecular weight is 1020 g/mol. The first kappa shape index (κ1) is 49.8. The quantitative estimate of drug-likeness (QED) is 0.139. The van der Waals surface area contributed by atoms with Crippen molar-refractivity contribution in [1.82, 2.24) is 0 Å². The van der Waals surface area contributed by atoms with Crippen molar-refractivity contribution in [2.45, 2.75) is 77.0 Å². The maximum Gasteiger partial charge on any atom is 0.0540 e. The minimum absolute atomic E-state index is 0.0101. The van der Waals surface area contributed by atoms with E-state index in [0.717, 1.165) is 29.0 Å². The predicted octanol–water partition coefficient (Wildman–Crippen LogP) is 21.5. The molecule has 0 fully saturated rings. The largest absolute Gasteiger partial charge is 0.309 e. The van der Waals surface area contributed by atoms with E-state index in [0.29, 0.717) is 0 Å². The van der Waals surface area contributed by atoms with Gasteiger partial charge in [0.2, 0.25) is 0 Å². The Labute approximate surface area is 468 Å². The molecule has 0 saturated carbocycles. The van der Waals surface area contributed by atoms with Crippen molar-refractivity contribution in [2.24, 2.45) is 0 Å². The fourth-order valence-corrected chi connectivity index (χ4v) is 13.2. The van der Waals surface area contributed by atoms with Gasteiger partial charge in [-0.05, 0) is 137 Å². The molecule has 0 spiro atoms. The van der Waals surface area contributed by atoms with Crippen molar-refractivity contribution in [2.75, 3.05) is 4.90 Å². The molecule has 1 heteroatoms. The molecule has 11 aromatic carbocycles. The van der Waals surface area contributed by atoms with Gasteiger partial charge in [0, 0.05) is 28.0 Å². The Balaban J connectivity index is 1.09. The maximum absolute atomic E-state index is 2.60. The highest BCUT2D eigenvalue weighted by atomic mass is 15.1. The maximum atomic E-state index is 2.60. The van der Waals surface area contributed by atoms with E-state index in [9.17, 15) is 0 Å². The zero-order chi connectivity index (χ0) is 54.0. The molecule has 79 heavy (non-hydrogen) atoms. The first-order valence-electron chi connectivity index (χ1n) is 28.3. The average Bonchev–Trinajstić information content (AvgIpc) is 4.03. The van der Waals surface area contributed by atoms with Crippen molar-refractivity contribution in [3.63, 3.8) is 0 Å². The molecule has 11 aromatic rings. The van der Waals surface area contributed by atoms with Crippen molar-refractivity contribution in [3.8, 4) is 55.6 Å². The molecule has 0 aliphatic heterocycles. The third-order valence-electron chi connectivity index (χ3n) is 17.2. The number of benzene rings is 11. The molecule has 13 rings (SSSR count). The summed E-state index contributed by atoms with van der Waals surface area (Å²) in [5.41, 5.74) is 25.9. The third kappa shape index (κ3) is 8.55. The van der Waals surface area contributed by atoms with E-state index < -0.39 is 0 Å². The van der Waals surface area contributed by atoms with Gasteiger partial charge >= 0.3 is 0 Å². The van der Waals surface area contributed by atoms with E-state index in [1.165, 1.54) is 105 Å². The van der Waals surface area contributed by atoms with Crippen LogP contribution in [0.15, 0.2) is 255 Å². The Morgan fingerprint density at radius 2 is 0.873 bits per heavy atom. The lowest BCUT2D eigenvalue weighted by Gasteiger charge is -2.34. The summed E-state index contributed by atoms with van der Waals surface area (Å²) < 4.78 is 0. The van der Waals surface area contributed by atoms with Crippen LogP contribution in [0.2, 0.25) is 0 Å². The molecular weight excluding hydrogens is 951 g/mol. The lowest BCUT2D eigenvalue weighted by molar-refractivity contribution is 0.565. The van der Waals surface area contributed by atoms with Crippen molar-refractivity contribution < 1.29 is 0 Å². The molecule has 2 atom stereocenters. The normalized spacial score (nSPS) is 15.6. The standard InChI is InChI=1S/C78H67N/c1-76(2,3)57-49-55(50-58(51-57)77(4,5)6)60-40-23-30-54-32-25-42-65(74(54)60)62-36-16-20-47-71(62)79(70-46-19-15-35-61(70)64-41-24-31-53-29-22-39-59(73(53)64)52-27-10-8-11-28-52)72-48-21-17-37-63(72)66-43-26-45-69-75(66)67-38-14-18-44-68(67)78(69,7)56-33-12-9-13-34-56/h8-39,41-51,60H,40H2,1-7H3. The van der Waals surface area contributed by atoms with Gasteiger partial charge in [0.15, 0.2) is 0 Å². The van der Waals surface area contributed by atoms with Crippen LogP contribution >= 0.6 is 0 Å². The monoisotopic (exact) mass is 1020 g/mol. The van der Waals surface area contributed by atoms with Gasteiger partial charge in [-0.1, -0.05) is 284 Å². The molecule has 1 nitrogen and oxygen atoms in total. The van der Waals surface area contributed by atoms with E-state index in [1.54, 1.807) is 0 Å². The topological polar surface area (TPSA) is 3.24 Å². The van der Waals surface area contributed by atoms with E-state index in [1.807, 2.05) is 0 Å². The number of hydrogen-bond donors (Lipinski definition) is 0. The SMILES string of the molecule is CC(C)(C)c1cc(C2CC=Cc3cccc(-c4ccccc4N(c4ccccc4-c4cccc5c4-c4ccccc4C5(C)c4ccccc4)c4ccccc4-c4cccc5cccc(-c6ccccc6)c45)c32)cc(C(C)(C)C)c1. The molecule has 0 heterocycles.